The van der Waals surface area contributed by atoms with Crippen molar-refractivity contribution in [3.05, 3.63) is 53.3 Å². The van der Waals surface area contributed by atoms with Gasteiger partial charge in [-0.25, -0.2) is 4.79 Å². The highest BCUT2D eigenvalue weighted by Crippen LogP contribution is 2.23. The van der Waals surface area contributed by atoms with E-state index in [9.17, 15) is 14.4 Å². The predicted octanol–water partition coefficient (Wildman–Crippen LogP) is 0.788. The number of benzene rings is 1. The number of carbonyl (C=O) groups excluding carboxylic acids is 3. The van der Waals surface area contributed by atoms with Crippen LogP contribution in [0.2, 0.25) is 0 Å². The van der Waals surface area contributed by atoms with Gasteiger partial charge in [0.15, 0.2) is 0 Å². The van der Waals surface area contributed by atoms with Crippen molar-refractivity contribution in [2.45, 2.75) is 0 Å². The minimum absolute atomic E-state index is 0.140. The van der Waals surface area contributed by atoms with Crippen LogP contribution in [0.3, 0.4) is 0 Å². The van der Waals surface area contributed by atoms with Crippen LogP contribution in [0.4, 0.5) is 0 Å². The smallest absolute Gasteiger partial charge is 0.323 e. The Morgan fingerprint density at radius 2 is 1.70 bits per heavy atom. The highest BCUT2D eigenvalue weighted by Gasteiger charge is 2.39. The van der Waals surface area contributed by atoms with E-state index in [0.29, 0.717) is 5.06 Å². The fourth-order valence-corrected chi connectivity index (χ4v) is 1.95. The number of fused-ring (bicyclic) bond motifs is 1. The number of hydrogen-bond acceptors (Lipinski definition) is 5. The number of imide groups is 1. The highest BCUT2D eigenvalue weighted by atomic mass is 16.7. The van der Waals surface area contributed by atoms with Crippen LogP contribution in [-0.2, 0) is 11.9 Å². The summed E-state index contributed by atoms with van der Waals surface area (Å²) in [7, 11) is 1.55. The van der Waals surface area contributed by atoms with Gasteiger partial charge in [0.05, 0.1) is 11.1 Å². The normalized spacial score (nSPS) is 13.6. The molecule has 1 aliphatic heterocycles. The topological polar surface area (TPSA) is 81.5 Å². The Balaban J connectivity index is 1.87. The third-order valence-electron chi connectivity index (χ3n) is 2.96. The van der Waals surface area contributed by atoms with Crippen molar-refractivity contribution < 1.29 is 19.2 Å². The van der Waals surface area contributed by atoms with Crippen molar-refractivity contribution in [1.82, 2.24) is 14.8 Å². The van der Waals surface area contributed by atoms with Gasteiger partial charge in [-0.05, 0) is 18.2 Å². The average Bonchev–Trinajstić information content (AvgIpc) is 2.97. The third-order valence-corrected chi connectivity index (χ3v) is 2.96. The Labute approximate surface area is 113 Å². The summed E-state index contributed by atoms with van der Waals surface area (Å²) in [4.78, 5) is 40.8. The van der Waals surface area contributed by atoms with Crippen LogP contribution < -0.4 is 0 Å². The largest absolute Gasteiger partial charge is 0.381 e. The maximum Gasteiger partial charge on any atom is 0.381 e. The van der Waals surface area contributed by atoms with Gasteiger partial charge in [-0.15, -0.1) is 0 Å². The van der Waals surface area contributed by atoms with Gasteiger partial charge in [-0.2, -0.15) is 5.10 Å². The molecule has 20 heavy (non-hydrogen) atoms. The summed E-state index contributed by atoms with van der Waals surface area (Å²) in [6, 6.07) is 7.72. The Morgan fingerprint density at radius 3 is 2.20 bits per heavy atom. The molecular formula is C13H9N3O4. The Hall–Kier alpha value is -2.96. The lowest BCUT2D eigenvalue weighted by Gasteiger charge is -2.12. The van der Waals surface area contributed by atoms with Crippen LogP contribution in [0.5, 0.6) is 0 Å². The van der Waals surface area contributed by atoms with Gasteiger partial charge in [0.25, 0.3) is 11.8 Å². The van der Waals surface area contributed by atoms with E-state index < -0.39 is 17.8 Å². The predicted molar refractivity (Wildman–Crippen MR) is 65.6 cm³/mol. The molecule has 100 valence electrons. The van der Waals surface area contributed by atoms with E-state index in [-0.39, 0.29) is 16.8 Å². The fraction of sp³-hybridized carbons (Fsp3) is 0.0769. The van der Waals surface area contributed by atoms with E-state index >= 15 is 0 Å². The zero-order valence-corrected chi connectivity index (χ0v) is 10.4. The minimum atomic E-state index is -0.820. The number of rotatable bonds is 2. The van der Waals surface area contributed by atoms with Crippen molar-refractivity contribution in [3.8, 4) is 0 Å². The van der Waals surface area contributed by atoms with Crippen LogP contribution >= 0.6 is 0 Å². The molecule has 1 aliphatic rings. The highest BCUT2D eigenvalue weighted by molar-refractivity contribution is 6.21. The van der Waals surface area contributed by atoms with Gasteiger partial charge in [-0.3, -0.25) is 14.3 Å². The van der Waals surface area contributed by atoms with Crippen molar-refractivity contribution in [3.63, 3.8) is 0 Å². The quantitative estimate of drug-likeness (QED) is 0.754. The molecule has 2 aromatic rings. The number of carbonyl (C=O) groups is 3. The maximum absolute atomic E-state index is 12.0. The molecular weight excluding hydrogens is 262 g/mol. The molecule has 3 rings (SSSR count). The lowest BCUT2D eigenvalue weighted by molar-refractivity contribution is -0.0591. The van der Waals surface area contributed by atoms with E-state index in [1.807, 2.05) is 0 Å². The molecule has 0 aliphatic carbocycles. The molecule has 2 amide bonds. The SMILES string of the molecule is Cn1nccc1C(=O)ON1C(=O)c2ccccc2C1=O. The monoisotopic (exact) mass is 271 g/mol. The fourth-order valence-electron chi connectivity index (χ4n) is 1.95. The molecule has 1 aromatic heterocycles. The summed E-state index contributed by atoms with van der Waals surface area (Å²) in [6.07, 6.45) is 1.42. The van der Waals surface area contributed by atoms with E-state index in [4.69, 9.17) is 4.84 Å². The summed E-state index contributed by atoms with van der Waals surface area (Å²) in [5.74, 6) is -2.12. The average molecular weight is 271 g/mol. The maximum atomic E-state index is 12.0. The second kappa shape index (κ2) is 4.30. The van der Waals surface area contributed by atoms with Gasteiger partial charge in [0.2, 0.25) is 0 Å². The van der Waals surface area contributed by atoms with Gasteiger partial charge in [0.1, 0.15) is 5.69 Å². The van der Waals surface area contributed by atoms with Crippen LogP contribution in [0, 0.1) is 0 Å². The van der Waals surface area contributed by atoms with Crippen molar-refractivity contribution in [1.29, 1.82) is 0 Å². The molecule has 0 unspecified atom stereocenters. The Morgan fingerprint density at radius 1 is 1.10 bits per heavy atom. The first kappa shape index (κ1) is 12.1. The Bertz CT molecular complexity index is 700. The first-order chi connectivity index (χ1) is 9.59. The Kier molecular flexibility index (Phi) is 2.60. The zero-order valence-electron chi connectivity index (χ0n) is 10.4. The van der Waals surface area contributed by atoms with Crippen LogP contribution in [-0.4, -0.2) is 32.6 Å². The number of hydrogen-bond donors (Lipinski definition) is 0. The summed E-state index contributed by atoms with van der Waals surface area (Å²) in [6.45, 7) is 0. The number of aryl methyl sites for hydroxylation is 1. The molecule has 0 spiro atoms. The second-order valence-electron chi connectivity index (χ2n) is 4.17. The summed E-state index contributed by atoms with van der Waals surface area (Å²) in [5.41, 5.74) is 0.576. The van der Waals surface area contributed by atoms with E-state index in [0.717, 1.165) is 0 Å². The first-order valence-corrected chi connectivity index (χ1v) is 5.77. The van der Waals surface area contributed by atoms with Crippen LogP contribution in [0.1, 0.15) is 31.2 Å². The van der Waals surface area contributed by atoms with E-state index in [2.05, 4.69) is 5.10 Å². The molecule has 0 fully saturated rings. The summed E-state index contributed by atoms with van der Waals surface area (Å²) < 4.78 is 1.29. The van der Waals surface area contributed by atoms with Crippen LogP contribution in [0.15, 0.2) is 36.5 Å². The molecule has 2 heterocycles. The molecule has 0 N–H and O–H groups in total. The lowest BCUT2D eigenvalue weighted by Crippen LogP contribution is -2.33. The van der Waals surface area contributed by atoms with Crippen LogP contribution in [0.25, 0.3) is 0 Å². The van der Waals surface area contributed by atoms with E-state index in [1.54, 1.807) is 19.2 Å². The first-order valence-electron chi connectivity index (χ1n) is 5.77. The molecule has 1 aromatic carbocycles. The van der Waals surface area contributed by atoms with Gasteiger partial charge < -0.3 is 4.84 Å². The molecule has 0 saturated heterocycles. The molecule has 7 heteroatoms. The molecule has 7 nitrogen and oxygen atoms in total. The summed E-state index contributed by atoms with van der Waals surface area (Å²) >= 11 is 0. The second-order valence-corrected chi connectivity index (χ2v) is 4.17. The van der Waals surface area contributed by atoms with Crippen molar-refractivity contribution in [2.24, 2.45) is 7.05 Å². The molecule has 0 bridgehead atoms. The lowest BCUT2D eigenvalue weighted by atomic mass is 10.1. The van der Waals surface area contributed by atoms with Gasteiger partial charge in [-0.1, -0.05) is 17.2 Å². The van der Waals surface area contributed by atoms with Gasteiger partial charge in [0, 0.05) is 13.2 Å². The van der Waals surface area contributed by atoms with E-state index in [1.165, 1.54) is 29.1 Å². The molecule has 0 saturated carbocycles. The molecule has 0 radical (unpaired) electrons. The van der Waals surface area contributed by atoms with Crippen molar-refractivity contribution >= 4 is 17.8 Å². The van der Waals surface area contributed by atoms with Gasteiger partial charge >= 0.3 is 5.97 Å². The third kappa shape index (κ3) is 1.68. The standard InChI is InChI=1S/C13H9N3O4/c1-15-10(6-7-14-15)13(19)20-16-11(17)8-4-2-3-5-9(8)12(16)18/h2-7H,1H3. The number of nitrogens with zero attached hydrogens (tertiary/aromatic N) is 3. The molecule has 0 atom stereocenters. The van der Waals surface area contributed by atoms with Crippen molar-refractivity contribution in [2.75, 3.05) is 0 Å². The number of hydroxylamine groups is 2. The zero-order chi connectivity index (χ0) is 14.3. The number of amides is 2. The number of aromatic nitrogens is 2. The minimum Gasteiger partial charge on any atom is -0.323 e. The summed E-state index contributed by atoms with van der Waals surface area (Å²) in [5, 5.41) is 4.29.